The second-order valence-electron chi connectivity index (χ2n) is 17.3. The zero-order valence-electron chi connectivity index (χ0n) is 42.8. The fourth-order valence-electron chi connectivity index (χ4n) is 6.83. The van der Waals surface area contributed by atoms with Crippen molar-refractivity contribution in [3.8, 4) is 0 Å². The number of rotatable bonds is 48. The van der Waals surface area contributed by atoms with E-state index in [-0.39, 0.29) is 25.9 Å². The number of unbranched alkanes of at least 4 members (excludes halogenated alkanes) is 17. The quantitative estimate of drug-likeness (QED) is 0.0197. The molecule has 68 heavy (non-hydrogen) atoms. The number of allylic oxidation sites excluding steroid dienone is 14. The third-order valence-corrected chi connectivity index (χ3v) is 11.8. The van der Waals surface area contributed by atoms with Gasteiger partial charge in [-0.2, -0.15) is 0 Å². The first-order valence-electron chi connectivity index (χ1n) is 26.5. The third-order valence-electron chi connectivity index (χ3n) is 10.8. The van der Waals surface area contributed by atoms with E-state index in [1.807, 2.05) is 0 Å². The molecular formula is C56H95O11P. The molecule has 390 valence electrons. The number of hydrogen-bond acceptors (Lipinski definition) is 10. The summed E-state index contributed by atoms with van der Waals surface area (Å²) in [5, 5.41) is 9.77. The molecule has 0 aliphatic rings. The molecule has 3 unspecified atom stereocenters. The third kappa shape index (κ3) is 47.7. The minimum Gasteiger partial charge on any atom is -0.462 e. The topological polar surface area (TPSA) is 155 Å². The monoisotopic (exact) mass is 975 g/mol. The van der Waals surface area contributed by atoms with Crippen LogP contribution in [0.5, 0.6) is 0 Å². The van der Waals surface area contributed by atoms with Crippen molar-refractivity contribution in [1.29, 1.82) is 0 Å². The van der Waals surface area contributed by atoms with Gasteiger partial charge in [0.25, 0.3) is 0 Å². The SMILES string of the molecule is CC/C=C\C/C=C\C/C=C\C/C=C\CCCCC(=O)OC(CO)COP(=O)(O)OCC(COC(=O)CCCCCCCCCCC)OC(=O)CCCCCCCCC/C=C\C/C=C\C/C=C\CC. The summed E-state index contributed by atoms with van der Waals surface area (Å²) in [6, 6.07) is 0. The number of ether oxygens (including phenoxy) is 3. The van der Waals surface area contributed by atoms with Crippen LogP contribution in [0.15, 0.2) is 85.1 Å². The minimum atomic E-state index is -4.76. The van der Waals surface area contributed by atoms with Crippen molar-refractivity contribution in [2.24, 2.45) is 0 Å². The average molecular weight is 975 g/mol. The Morgan fingerprint density at radius 1 is 0.426 bits per heavy atom. The predicted molar refractivity (Wildman–Crippen MR) is 279 cm³/mol. The van der Waals surface area contributed by atoms with E-state index in [1.165, 1.54) is 38.5 Å². The van der Waals surface area contributed by atoms with E-state index in [2.05, 4.69) is 106 Å². The molecule has 0 bridgehead atoms. The molecule has 0 fully saturated rings. The van der Waals surface area contributed by atoms with Crippen LogP contribution in [-0.2, 0) is 42.2 Å². The number of aliphatic hydroxyl groups is 1. The molecule has 0 aromatic heterocycles. The Balaban J connectivity index is 4.74. The average Bonchev–Trinajstić information content (AvgIpc) is 3.32. The van der Waals surface area contributed by atoms with Crippen molar-refractivity contribution in [3.63, 3.8) is 0 Å². The lowest BCUT2D eigenvalue weighted by Gasteiger charge is -2.21. The maximum Gasteiger partial charge on any atom is 0.472 e. The second kappa shape index (κ2) is 50.1. The number of phosphoric ester groups is 1. The van der Waals surface area contributed by atoms with E-state index >= 15 is 0 Å². The Kier molecular flexibility index (Phi) is 47.6. The Morgan fingerprint density at radius 2 is 0.765 bits per heavy atom. The van der Waals surface area contributed by atoms with Gasteiger partial charge in [0.2, 0.25) is 0 Å². The molecule has 0 rings (SSSR count). The van der Waals surface area contributed by atoms with Gasteiger partial charge in [0.05, 0.1) is 19.8 Å². The fourth-order valence-corrected chi connectivity index (χ4v) is 7.61. The zero-order valence-corrected chi connectivity index (χ0v) is 43.7. The highest BCUT2D eigenvalue weighted by molar-refractivity contribution is 7.47. The standard InChI is InChI=1S/C56H95O11P/c1-4-7-10-13-16-19-21-23-25-26-28-30-32-35-38-41-44-47-56(60)67-53(49-63-54(58)45-42-39-36-33-18-15-12-9-6-3)51-65-68(61,62)64-50-52(48-57)66-55(59)46-43-40-37-34-31-29-27-24-22-20-17-14-11-8-5-2/h7-8,10-11,16-17,19-20,23-25,27,31,34,52-53,57H,4-6,9,12-15,18,21-22,26,28-30,32-33,35-51H2,1-3H3,(H,61,62)/b10-7-,11-8-,19-16-,20-17-,25-23-,27-24-,34-31-. The molecule has 0 aromatic rings. The Labute approximate surface area is 413 Å². The predicted octanol–water partition coefficient (Wildman–Crippen LogP) is 15.1. The Morgan fingerprint density at radius 3 is 1.21 bits per heavy atom. The van der Waals surface area contributed by atoms with Crippen LogP contribution in [-0.4, -0.2) is 66.5 Å². The normalized spacial score (nSPS) is 14.1. The van der Waals surface area contributed by atoms with Crippen LogP contribution in [0, 0.1) is 0 Å². The van der Waals surface area contributed by atoms with E-state index in [9.17, 15) is 28.9 Å². The maximum atomic E-state index is 12.8. The number of aliphatic hydroxyl groups excluding tert-OH is 1. The summed E-state index contributed by atoms with van der Waals surface area (Å²) in [7, 11) is -4.76. The van der Waals surface area contributed by atoms with Gasteiger partial charge in [0.1, 0.15) is 12.7 Å². The van der Waals surface area contributed by atoms with Crippen LogP contribution < -0.4 is 0 Å². The van der Waals surface area contributed by atoms with Gasteiger partial charge in [0, 0.05) is 19.3 Å². The first-order valence-corrected chi connectivity index (χ1v) is 28.0. The highest BCUT2D eigenvalue weighted by atomic mass is 31.2. The van der Waals surface area contributed by atoms with Crippen molar-refractivity contribution in [3.05, 3.63) is 85.1 Å². The lowest BCUT2D eigenvalue weighted by Crippen LogP contribution is -2.30. The molecular weight excluding hydrogens is 880 g/mol. The Bertz CT molecular complexity index is 1460. The fraction of sp³-hybridized carbons (Fsp3) is 0.696. The minimum absolute atomic E-state index is 0.122. The van der Waals surface area contributed by atoms with Gasteiger partial charge in [-0.25, -0.2) is 4.57 Å². The van der Waals surface area contributed by atoms with Crippen LogP contribution in [0.25, 0.3) is 0 Å². The van der Waals surface area contributed by atoms with E-state index < -0.39 is 57.8 Å². The summed E-state index contributed by atoms with van der Waals surface area (Å²) >= 11 is 0. The molecule has 0 heterocycles. The second-order valence-corrected chi connectivity index (χ2v) is 18.7. The van der Waals surface area contributed by atoms with Gasteiger partial charge in [-0.1, -0.05) is 189 Å². The summed E-state index contributed by atoms with van der Waals surface area (Å²) in [4.78, 5) is 48.3. The zero-order chi connectivity index (χ0) is 49.9. The largest absolute Gasteiger partial charge is 0.472 e. The van der Waals surface area contributed by atoms with Crippen molar-refractivity contribution in [2.75, 3.05) is 26.4 Å². The maximum absolute atomic E-state index is 12.8. The lowest BCUT2D eigenvalue weighted by molar-refractivity contribution is -0.161. The van der Waals surface area contributed by atoms with E-state index in [1.54, 1.807) is 0 Å². The molecule has 0 aromatic carbocycles. The molecule has 0 saturated heterocycles. The van der Waals surface area contributed by atoms with E-state index in [4.69, 9.17) is 23.3 Å². The summed E-state index contributed by atoms with van der Waals surface area (Å²) in [6.07, 6.45) is 55.6. The molecule has 0 spiro atoms. The first-order chi connectivity index (χ1) is 33.2. The molecule has 11 nitrogen and oxygen atoms in total. The molecule has 0 aliphatic heterocycles. The molecule has 0 radical (unpaired) electrons. The number of phosphoric acid groups is 1. The summed E-state index contributed by atoms with van der Waals surface area (Å²) in [5.41, 5.74) is 0. The lowest BCUT2D eigenvalue weighted by atomic mass is 10.1. The summed E-state index contributed by atoms with van der Waals surface area (Å²) in [6.45, 7) is 4.32. The van der Waals surface area contributed by atoms with Crippen LogP contribution in [0.1, 0.15) is 213 Å². The summed E-state index contributed by atoms with van der Waals surface area (Å²) < 4.78 is 39.3. The number of carbonyl (C=O) groups is 3. The number of carbonyl (C=O) groups excluding carboxylic acids is 3. The molecule has 0 aliphatic carbocycles. The van der Waals surface area contributed by atoms with Crippen molar-refractivity contribution in [2.45, 2.75) is 226 Å². The molecule has 0 saturated carbocycles. The van der Waals surface area contributed by atoms with Crippen LogP contribution in [0.2, 0.25) is 0 Å². The van der Waals surface area contributed by atoms with Gasteiger partial charge >= 0.3 is 25.7 Å². The Hall–Kier alpha value is -3.34. The van der Waals surface area contributed by atoms with Crippen LogP contribution in [0.4, 0.5) is 0 Å². The van der Waals surface area contributed by atoms with Crippen molar-refractivity contribution in [1.82, 2.24) is 0 Å². The van der Waals surface area contributed by atoms with Gasteiger partial charge in [-0.3, -0.25) is 23.4 Å². The van der Waals surface area contributed by atoms with Gasteiger partial charge in [0.15, 0.2) is 6.10 Å². The highest BCUT2D eigenvalue weighted by Gasteiger charge is 2.28. The van der Waals surface area contributed by atoms with Crippen LogP contribution in [0.3, 0.4) is 0 Å². The van der Waals surface area contributed by atoms with Crippen molar-refractivity contribution >= 4 is 25.7 Å². The number of esters is 3. The van der Waals surface area contributed by atoms with Gasteiger partial charge in [-0.15, -0.1) is 0 Å². The summed E-state index contributed by atoms with van der Waals surface area (Å²) in [5.74, 6) is -1.53. The smallest absolute Gasteiger partial charge is 0.462 e. The van der Waals surface area contributed by atoms with Gasteiger partial charge < -0.3 is 24.2 Å². The molecule has 12 heteroatoms. The molecule has 3 atom stereocenters. The van der Waals surface area contributed by atoms with E-state index in [0.717, 1.165) is 116 Å². The van der Waals surface area contributed by atoms with E-state index in [0.29, 0.717) is 19.3 Å². The molecule has 2 N–H and O–H groups in total. The van der Waals surface area contributed by atoms with Crippen molar-refractivity contribution < 1.29 is 52.2 Å². The van der Waals surface area contributed by atoms with Gasteiger partial charge in [-0.05, 0) is 89.9 Å². The number of hydrogen-bond donors (Lipinski definition) is 2. The first kappa shape index (κ1) is 64.7. The van der Waals surface area contributed by atoms with Crippen LogP contribution >= 0.6 is 7.82 Å². The molecule has 0 amide bonds. The highest BCUT2D eigenvalue weighted by Crippen LogP contribution is 2.43.